The number of hydrogen-bond acceptors (Lipinski definition) is 4. The highest BCUT2D eigenvalue weighted by Crippen LogP contribution is 2.29. The lowest BCUT2D eigenvalue weighted by Gasteiger charge is -2.32. The molecule has 8 heteroatoms. The second-order valence-electron chi connectivity index (χ2n) is 5.73. The van der Waals surface area contributed by atoms with Gasteiger partial charge in [-0.05, 0) is 24.3 Å². The SMILES string of the molecule is O=C(c1ccc(C(F)(F)F)cc1)N1CCC(Oc2cnccn2)CC1. The van der Waals surface area contributed by atoms with Crippen LogP contribution in [0.1, 0.15) is 28.8 Å². The van der Waals surface area contributed by atoms with Crippen molar-refractivity contribution in [1.29, 1.82) is 0 Å². The maximum atomic E-state index is 12.6. The number of rotatable bonds is 3. The molecule has 1 aromatic heterocycles. The molecule has 0 aliphatic carbocycles. The standard InChI is InChI=1S/C17H16F3N3O2/c18-17(19,20)13-3-1-12(2-4-13)16(24)23-9-5-14(6-10-23)25-15-11-21-7-8-22-15/h1-4,7-8,11,14H,5-6,9-10H2. The fourth-order valence-corrected chi connectivity index (χ4v) is 2.68. The lowest BCUT2D eigenvalue weighted by Crippen LogP contribution is -2.41. The minimum Gasteiger partial charge on any atom is -0.473 e. The van der Waals surface area contributed by atoms with Crippen LogP contribution in [-0.4, -0.2) is 40.0 Å². The molecular formula is C17H16F3N3O2. The molecule has 3 rings (SSSR count). The summed E-state index contributed by atoms with van der Waals surface area (Å²) < 4.78 is 43.4. The lowest BCUT2D eigenvalue weighted by molar-refractivity contribution is -0.137. The van der Waals surface area contributed by atoms with Gasteiger partial charge < -0.3 is 9.64 Å². The molecule has 1 aliphatic heterocycles. The van der Waals surface area contributed by atoms with E-state index in [0.29, 0.717) is 31.8 Å². The van der Waals surface area contributed by atoms with Crippen LogP contribution in [0.4, 0.5) is 13.2 Å². The van der Waals surface area contributed by atoms with Gasteiger partial charge in [-0.25, -0.2) is 4.98 Å². The van der Waals surface area contributed by atoms with Crippen molar-refractivity contribution in [3.8, 4) is 5.88 Å². The first-order chi connectivity index (χ1) is 11.9. The summed E-state index contributed by atoms with van der Waals surface area (Å²) in [6.45, 7) is 0.954. The van der Waals surface area contributed by atoms with E-state index >= 15 is 0 Å². The highest BCUT2D eigenvalue weighted by Gasteiger charge is 2.31. The zero-order valence-corrected chi connectivity index (χ0v) is 13.2. The van der Waals surface area contributed by atoms with Crippen LogP contribution >= 0.6 is 0 Å². The summed E-state index contributed by atoms with van der Waals surface area (Å²) in [7, 11) is 0. The molecule has 132 valence electrons. The molecule has 2 heterocycles. The number of benzene rings is 1. The lowest BCUT2D eigenvalue weighted by atomic mass is 10.1. The van der Waals surface area contributed by atoms with E-state index < -0.39 is 11.7 Å². The Balaban J connectivity index is 1.56. The van der Waals surface area contributed by atoms with Crippen LogP contribution in [0.3, 0.4) is 0 Å². The van der Waals surface area contributed by atoms with Gasteiger partial charge in [0.05, 0.1) is 11.8 Å². The number of hydrogen-bond donors (Lipinski definition) is 0. The molecular weight excluding hydrogens is 335 g/mol. The number of likely N-dealkylation sites (tertiary alicyclic amines) is 1. The van der Waals surface area contributed by atoms with E-state index in [4.69, 9.17) is 4.74 Å². The molecule has 0 saturated carbocycles. The maximum Gasteiger partial charge on any atom is 0.416 e. The summed E-state index contributed by atoms with van der Waals surface area (Å²) in [5, 5.41) is 0. The van der Waals surface area contributed by atoms with E-state index in [1.807, 2.05) is 0 Å². The van der Waals surface area contributed by atoms with E-state index in [1.54, 1.807) is 17.3 Å². The van der Waals surface area contributed by atoms with Crippen molar-refractivity contribution >= 4 is 5.91 Å². The Morgan fingerprint density at radius 2 is 1.80 bits per heavy atom. The Hall–Kier alpha value is -2.64. The first kappa shape index (κ1) is 17.2. The molecule has 2 aromatic rings. The van der Waals surface area contributed by atoms with Crippen LogP contribution in [0.5, 0.6) is 5.88 Å². The minimum absolute atomic E-state index is 0.0617. The van der Waals surface area contributed by atoms with E-state index in [9.17, 15) is 18.0 Å². The Labute approximate surface area is 142 Å². The Morgan fingerprint density at radius 1 is 1.12 bits per heavy atom. The highest BCUT2D eigenvalue weighted by molar-refractivity contribution is 5.94. The zero-order chi connectivity index (χ0) is 17.9. The van der Waals surface area contributed by atoms with Crippen molar-refractivity contribution in [2.45, 2.75) is 25.1 Å². The third-order valence-corrected chi connectivity index (χ3v) is 4.02. The molecule has 1 aliphatic rings. The molecule has 1 fully saturated rings. The largest absolute Gasteiger partial charge is 0.473 e. The number of aromatic nitrogens is 2. The van der Waals surface area contributed by atoms with Crippen molar-refractivity contribution in [2.24, 2.45) is 0 Å². The summed E-state index contributed by atoms with van der Waals surface area (Å²) in [6.07, 6.45) is 1.41. The van der Waals surface area contributed by atoms with Crippen molar-refractivity contribution in [3.63, 3.8) is 0 Å². The van der Waals surface area contributed by atoms with Crippen molar-refractivity contribution in [1.82, 2.24) is 14.9 Å². The second-order valence-corrected chi connectivity index (χ2v) is 5.73. The number of ether oxygens (including phenoxy) is 1. The zero-order valence-electron chi connectivity index (χ0n) is 13.2. The molecule has 1 amide bonds. The van der Waals surface area contributed by atoms with E-state index in [2.05, 4.69) is 9.97 Å². The van der Waals surface area contributed by atoms with Gasteiger partial charge in [0.1, 0.15) is 6.10 Å². The van der Waals surface area contributed by atoms with E-state index in [1.165, 1.54) is 18.3 Å². The molecule has 0 unspecified atom stereocenters. The third kappa shape index (κ3) is 4.26. The average Bonchev–Trinajstić information content (AvgIpc) is 2.62. The minimum atomic E-state index is -4.41. The van der Waals surface area contributed by atoms with Crippen LogP contribution in [0, 0.1) is 0 Å². The van der Waals surface area contributed by atoms with Crippen LogP contribution in [0.2, 0.25) is 0 Å². The summed E-state index contributed by atoms with van der Waals surface area (Å²) >= 11 is 0. The Kier molecular flexibility index (Phi) is 4.87. The number of amides is 1. The fourth-order valence-electron chi connectivity index (χ4n) is 2.68. The van der Waals surface area contributed by atoms with E-state index in [0.717, 1.165) is 12.1 Å². The quantitative estimate of drug-likeness (QED) is 0.852. The molecule has 0 radical (unpaired) electrons. The molecule has 1 aromatic carbocycles. The molecule has 25 heavy (non-hydrogen) atoms. The van der Waals surface area contributed by atoms with Crippen LogP contribution in [0.15, 0.2) is 42.9 Å². The third-order valence-electron chi connectivity index (χ3n) is 4.02. The first-order valence-electron chi connectivity index (χ1n) is 7.83. The maximum absolute atomic E-state index is 12.6. The van der Waals surface area contributed by atoms with Crippen molar-refractivity contribution in [2.75, 3.05) is 13.1 Å². The van der Waals surface area contributed by atoms with Crippen molar-refractivity contribution < 1.29 is 22.7 Å². The topological polar surface area (TPSA) is 55.3 Å². The molecule has 0 N–H and O–H groups in total. The molecule has 1 saturated heterocycles. The number of carbonyl (C=O) groups excluding carboxylic acids is 1. The Morgan fingerprint density at radius 3 is 2.36 bits per heavy atom. The first-order valence-corrected chi connectivity index (χ1v) is 7.83. The Bertz CT molecular complexity index is 712. The van der Waals surface area contributed by atoms with Gasteiger partial charge in [-0.3, -0.25) is 9.78 Å². The number of halogens is 3. The van der Waals surface area contributed by atoms with Gasteiger partial charge >= 0.3 is 6.18 Å². The van der Waals surface area contributed by atoms with Crippen LogP contribution < -0.4 is 4.74 Å². The van der Waals surface area contributed by atoms with Gasteiger partial charge in [0.15, 0.2) is 0 Å². The smallest absolute Gasteiger partial charge is 0.416 e. The number of piperidine rings is 1. The van der Waals surface area contributed by atoms with Gasteiger partial charge in [-0.15, -0.1) is 0 Å². The summed E-state index contributed by atoms with van der Waals surface area (Å²) in [4.78, 5) is 22.0. The van der Waals surface area contributed by atoms with Gasteiger partial charge in [0, 0.05) is 43.9 Å². The van der Waals surface area contributed by atoms with Crippen LogP contribution in [0.25, 0.3) is 0 Å². The summed E-state index contributed by atoms with van der Waals surface area (Å²) in [6, 6.07) is 4.29. The summed E-state index contributed by atoms with van der Waals surface area (Å²) in [5.41, 5.74) is -0.513. The molecule has 5 nitrogen and oxygen atoms in total. The van der Waals surface area contributed by atoms with Gasteiger partial charge in [0.2, 0.25) is 5.88 Å². The molecule has 0 spiro atoms. The predicted octanol–water partition coefficient (Wildman–Crippen LogP) is 3.18. The van der Waals surface area contributed by atoms with E-state index in [-0.39, 0.29) is 17.6 Å². The normalized spacial score (nSPS) is 15.9. The monoisotopic (exact) mass is 351 g/mol. The van der Waals surface area contributed by atoms with Crippen molar-refractivity contribution in [3.05, 3.63) is 54.0 Å². The highest BCUT2D eigenvalue weighted by atomic mass is 19.4. The second kappa shape index (κ2) is 7.08. The predicted molar refractivity (Wildman–Crippen MR) is 83.0 cm³/mol. The number of alkyl halides is 3. The molecule has 0 atom stereocenters. The average molecular weight is 351 g/mol. The molecule has 0 bridgehead atoms. The summed E-state index contributed by atoms with van der Waals surface area (Å²) in [5.74, 6) is 0.168. The fraction of sp³-hybridized carbons (Fsp3) is 0.353. The van der Waals surface area contributed by atoms with Crippen LogP contribution in [-0.2, 0) is 6.18 Å². The van der Waals surface area contributed by atoms with Gasteiger partial charge in [-0.1, -0.05) is 0 Å². The number of carbonyl (C=O) groups is 1. The van der Waals surface area contributed by atoms with Gasteiger partial charge in [0.25, 0.3) is 5.91 Å². The number of nitrogens with zero attached hydrogens (tertiary/aromatic N) is 3. The van der Waals surface area contributed by atoms with Gasteiger partial charge in [-0.2, -0.15) is 13.2 Å².